The lowest BCUT2D eigenvalue weighted by Crippen LogP contribution is -2.54. The predicted octanol–water partition coefficient (Wildman–Crippen LogP) is 3.09. The second-order valence-corrected chi connectivity index (χ2v) is 6.14. The van der Waals surface area contributed by atoms with Crippen molar-refractivity contribution in [3.8, 4) is 5.75 Å². The van der Waals surface area contributed by atoms with Gasteiger partial charge in [0.25, 0.3) is 11.8 Å². The second-order valence-electron chi connectivity index (χ2n) is 5.75. The first-order valence-electron chi connectivity index (χ1n) is 8.18. The Balaban J connectivity index is 1.98. The minimum absolute atomic E-state index is 0.0198. The normalized spacial score (nSPS) is 16.0. The van der Waals surface area contributed by atoms with Gasteiger partial charge in [-0.2, -0.15) is 0 Å². The molecule has 0 spiro atoms. The monoisotopic (exact) mass is 366 g/mol. The van der Waals surface area contributed by atoms with Crippen molar-refractivity contribution in [3.63, 3.8) is 0 Å². The van der Waals surface area contributed by atoms with Gasteiger partial charge in [0.2, 0.25) is 0 Å². The van der Waals surface area contributed by atoms with Crippen LogP contribution in [-0.4, -0.2) is 24.0 Å². The van der Waals surface area contributed by atoms with E-state index in [-0.39, 0.29) is 10.7 Å². The number of ether oxygens (including phenoxy) is 1. The number of anilines is 1. The van der Waals surface area contributed by atoms with Crippen molar-refractivity contribution in [3.05, 3.63) is 65.2 Å². The molecule has 1 aliphatic rings. The van der Waals surface area contributed by atoms with E-state index in [1.807, 2.05) is 24.3 Å². The Morgan fingerprint density at radius 3 is 2.54 bits per heavy atom. The Bertz CT molecular complexity index is 904. The molecule has 0 aliphatic carbocycles. The summed E-state index contributed by atoms with van der Waals surface area (Å²) in [6, 6.07) is 14.7. The molecule has 1 N–H and O–H groups in total. The molecule has 2 aromatic rings. The highest BCUT2D eigenvalue weighted by Gasteiger charge is 2.34. The molecule has 1 heterocycles. The quantitative estimate of drug-likeness (QED) is 0.513. The van der Waals surface area contributed by atoms with Crippen LogP contribution in [0.15, 0.2) is 54.1 Å². The first-order valence-corrected chi connectivity index (χ1v) is 8.58. The van der Waals surface area contributed by atoms with E-state index in [2.05, 4.69) is 12.2 Å². The summed E-state index contributed by atoms with van der Waals surface area (Å²) in [7, 11) is 1.56. The Kier molecular flexibility index (Phi) is 5.14. The van der Waals surface area contributed by atoms with Gasteiger partial charge in [0, 0.05) is 0 Å². The minimum atomic E-state index is -0.510. The lowest BCUT2D eigenvalue weighted by atomic mass is 10.1. The van der Waals surface area contributed by atoms with Crippen LogP contribution in [0.5, 0.6) is 5.75 Å². The van der Waals surface area contributed by atoms with Crippen LogP contribution in [0.25, 0.3) is 6.08 Å². The molecular formula is C20H18N2O3S. The molecule has 3 rings (SSSR count). The molecule has 132 valence electrons. The average Bonchev–Trinajstić information content (AvgIpc) is 2.65. The number of thiocarbonyl (C=S) groups is 1. The summed E-state index contributed by atoms with van der Waals surface area (Å²) in [5, 5.41) is 2.66. The first kappa shape index (κ1) is 17.8. The largest absolute Gasteiger partial charge is 0.497 e. The van der Waals surface area contributed by atoms with Gasteiger partial charge in [-0.25, -0.2) is 0 Å². The van der Waals surface area contributed by atoms with Crippen LogP contribution in [-0.2, 0) is 16.0 Å². The third-order valence-corrected chi connectivity index (χ3v) is 4.39. The van der Waals surface area contributed by atoms with Crippen LogP contribution < -0.4 is 15.0 Å². The van der Waals surface area contributed by atoms with Gasteiger partial charge in [-0.1, -0.05) is 31.2 Å². The van der Waals surface area contributed by atoms with Gasteiger partial charge in [0.15, 0.2) is 5.11 Å². The number of benzene rings is 2. The van der Waals surface area contributed by atoms with Crippen molar-refractivity contribution in [2.24, 2.45) is 0 Å². The molecule has 0 bridgehead atoms. The van der Waals surface area contributed by atoms with Gasteiger partial charge in [0.1, 0.15) is 11.3 Å². The summed E-state index contributed by atoms with van der Waals surface area (Å²) in [5.41, 5.74) is 2.48. The molecule has 1 saturated heterocycles. The summed E-state index contributed by atoms with van der Waals surface area (Å²) < 4.78 is 5.18. The molecule has 0 atom stereocenters. The Morgan fingerprint density at radius 1 is 1.15 bits per heavy atom. The fourth-order valence-electron chi connectivity index (χ4n) is 2.67. The van der Waals surface area contributed by atoms with Crippen LogP contribution in [0, 0.1) is 0 Å². The second kappa shape index (κ2) is 7.49. The molecule has 2 amide bonds. The maximum absolute atomic E-state index is 12.9. The zero-order valence-electron chi connectivity index (χ0n) is 14.5. The van der Waals surface area contributed by atoms with Crippen LogP contribution in [0.4, 0.5) is 5.69 Å². The predicted molar refractivity (Wildman–Crippen MR) is 105 cm³/mol. The molecule has 0 aromatic heterocycles. The fraction of sp³-hybridized carbons (Fsp3) is 0.150. The molecule has 0 radical (unpaired) electrons. The zero-order valence-corrected chi connectivity index (χ0v) is 15.3. The van der Waals surface area contributed by atoms with E-state index in [0.29, 0.717) is 17.0 Å². The Hall–Kier alpha value is -2.99. The number of amides is 2. The molecule has 26 heavy (non-hydrogen) atoms. The average molecular weight is 366 g/mol. The third kappa shape index (κ3) is 3.50. The molecule has 5 nitrogen and oxygen atoms in total. The highest BCUT2D eigenvalue weighted by molar-refractivity contribution is 7.80. The van der Waals surface area contributed by atoms with Gasteiger partial charge in [-0.3, -0.25) is 19.8 Å². The van der Waals surface area contributed by atoms with Crippen LogP contribution in [0.3, 0.4) is 0 Å². The number of aryl methyl sites for hydroxylation is 1. The van der Waals surface area contributed by atoms with Crippen molar-refractivity contribution >= 4 is 40.9 Å². The van der Waals surface area contributed by atoms with E-state index in [1.165, 1.54) is 11.0 Å². The topological polar surface area (TPSA) is 58.6 Å². The van der Waals surface area contributed by atoms with Crippen molar-refractivity contribution in [2.75, 3.05) is 12.0 Å². The molecule has 0 saturated carbocycles. The summed E-state index contributed by atoms with van der Waals surface area (Å²) in [6.07, 6.45) is 2.44. The Morgan fingerprint density at radius 2 is 1.88 bits per heavy atom. The van der Waals surface area contributed by atoms with Crippen molar-refractivity contribution < 1.29 is 14.3 Å². The van der Waals surface area contributed by atoms with Crippen molar-refractivity contribution in [1.29, 1.82) is 0 Å². The Labute approximate surface area is 157 Å². The van der Waals surface area contributed by atoms with Crippen LogP contribution in [0.1, 0.15) is 18.1 Å². The lowest BCUT2D eigenvalue weighted by Gasteiger charge is -2.29. The maximum Gasteiger partial charge on any atom is 0.270 e. The van der Waals surface area contributed by atoms with E-state index in [1.54, 1.807) is 31.4 Å². The molecule has 2 aromatic carbocycles. The highest BCUT2D eigenvalue weighted by Crippen LogP contribution is 2.23. The molecule has 1 aliphatic heterocycles. The van der Waals surface area contributed by atoms with Gasteiger partial charge in [-0.05, 0) is 60.1 Å². The number of carbonyl (C=O) groups excluding carboxylic acids is 2. The highest BCUT2D eigenvalue weighted by atomic mass is 32.1. The summed E-state index contributed by atoms with van der Waals surface area (Å²) >= 11 is 5.21. The lowest BCUT2D eigenvalue weighted by molar-refractivity contribution is -0.122. The first-order chi connectivity index (χ1) is 12.5. The van der Waals surface area contributed by atoms with E-state index in [4.69, 9.17) is 17.0 Å². The number of rotatable bonds is 4. The molecule has 0 unspecified atom stereocenters. The minimum Gasteiger partial charge on any atom is -0.497 e. The standard InChI is InChI=1S/C20H18N2O3S/c1-3-13-7-9-15(10-8-13)22-19(24)17(18(23)21-20(22)26)12-14-5-4-6-16(11-14)25-2/h4-12H,3H2,1-2H3,(H,21,23,26). The van der Waals surface area contributed by atoms with E-state index < -0.39 is 11.8 Å². The number of methoxy groups -OCH3 is 1. The number of hydrogen-bond acceptors (Lipinski definition) is 4. The summed E-state index contributed by atoms with van der Waals surface area (Å²) in [4.78, 5) is 26.6. The third-order valence-electron chi connectivity index (χ3n) is 4.11. The van der Waals surface area contributed by atoms with Crippen LogP contribution in [0.2, 0.25) is 0 Å². The molecule has 6 heteroatoms. The molecule has 1 fully saturated rings. The van der Waals surface area contributed by atoms with Crippen LogP contribution >= 0.6 is 12.2 Å². The SMILES string of the molecule is CCc1ccc(N2C(=O)C(=Cc3cccc(OC)c3)C(=O)NC2=S)cc1. The van der Waals surface area contributed by atoms with E-state index >= 15 is 0 Å². The van der Waals surface area contributed by atoms with Gasteiger partial charge < -0.3 is 4.74 Å². The van der Waals surface area contributed by atoms with Crippen molar-refractivity contribution in [1.82, 2.24) is 5.32 Å². The van der Waals surface area contributed by atoms with E-state index in [0.717, 1.165) is 12.0 Å². The number of carbonyl (C=O) groups is 2. The number of nitrogens with zero attached hydrogens (tertiary/aromatic N) is 1. The number of hydrogen-bond donors (Lipinski definition) is 1. The smallest absolute Gasteiger partial charge is 0.270 e. The van der Waals surface area contributed by atoms with Gasteiger partial charge >= 0.3 is 0 Å². The summed E-state index contributed by atoms with van der Waals surface area (Å²) in [5.74, 6) is -0.319. The zero-order chi connectivity index (χ0) is 18.7. The molecular weight excluding hydrogens is 348 g/mol. The van der Waals surface area contributed by atoms with Gasteiger partial charge in [0.05, 0.1) is 12.8 Å². The number of nitrogens with one attached hydrogen (secondary N) is 1. The maximum atomic E-state index is 12.9. The van der Waals surface area contributed by atoms with Gasteiger partial charge in [-0.15, -0.1) is 0 Å². The van der Waals surface area contributed by atoms with Crippen molar-refractivity contribution in [2.45, 2.75) is 13.3 Å². The fourth-order valence-corrected chi connectivity index (χ4v) is 2.95. The summed E-state index contributed by atoms with van der Waals surface area (Å²) in [6.45, 7) is 2.06. The van der Waals surface area contributed by atoms with E-state index in [9.17, 15) is 9.59 Å².